The third-order valence-corrected chi connectivity index (χ3v) is 4.26. The maximum absolute atomic E-state index is 9.78. The first-order chi connectivity index (χ1) is 10.7. The largest absolute Gasteiger partial charge is 0.508 e. The molecule has 1 aliphatic rings. The first kappa shape index (κ1) is 13.1. The molecule has 0 spiro atoms. The Balaban J connectivity index is 1.82. The summed E-state index contributed by atoms with van der Waals surface area (Å²) in [7, 11) is 0. The van der Waals surface area contributed by atoms with E-state index in [1.165, 1.54) is 18.4 Å². The molecule has 1 aromatic carbocycles. The highest BCUT2D eigenvalue weighted by molar-refractivity contribution is 5.67. The number of benzene rings is 1. The van der Waals surface area contributed by atoms with Gasteiger partial charge in [-0.25, -0.2) is 4.98 Å². The summed E-state index contributed by atoms with van der Waals surface area (Å²) in [5.41, 5.74) is 4.48. The fourth-order valence-corrected chi connectivity index (χ4v) is 2.95. The number of aryl methyl sites for hydroxylation is 1. The first-order valence-corrected chi connectivity index (χ1v) is 7.67. The van der Waals surface area contributed by atoms with Gasteiger partial charge in [-0.15, -0.1) is 0 Å². The van der Waals surface area contributed by atoms with Crippen LogP contribution in [-0.4, -0.2) is 14.7 Å². The van der Waals surface area contributed by atoms with Crippen LogP contribution in [0.3, 0.4) is 0 Å². The molecule has 0 aliphatic heterocycles. The molecule has 1 saturated carbocycles. The molecule has 22 heavy (non-hydrogen) atoms. The minimum atomic E-state index is 0.336. The molecule has 3 nitrogen and oxygen atoms in total. The van der Waals surface area contributed by atoms with Gasteiger partial charge >= 0.3 is 0 Å². The van der Waals surface area contributed by atoms with Gasteiger partial charge in [-0.2, -0.15) is 0 Å². The normalized spacial score (nSPS) is 14.2. The first-order valence-electron chi connectivity index (χ1n) is 7.67. The van der Waals surface area contributed by atoms with Gasteiger partial charge in [-0.05, 0) is 73.7 Å². The Labute approximate surface area is 129 Å². The molecule has 0 saturated heterocycles. The summed E-state index contributed by atoms with van der Waals surface area (Å²) in [6.45, 7) is 2.07. The second-order valence-electron chi connectivity index (χ2n) is 5.95. The van der Waals surface area contributed by atoms with Crippen LogP contribution in [0.15, 0.2) is 54.7 Å². The monoisotopic (exact) mass is 290 g/mol. The van der Waals surface area contributed by atoms with Gasteiger partial charge in [0.2, 0.25) is 0 Å². The molecule has 0 amide bonds. The molecular weight excluding hydrogens is 272 g/mol. The number of pyridine rings is 1. The number of hydrogen-bond acceptors (Lipinski definition) is 2. The highest BCUT2D eigenvalue weighted by atomic mass is 16.3. The van der Waals surface area contributed by atoms with Crippen molar-refractivity contribution >= 4 is 0 Å². The molecule has 110 valence electrons. The van der Waals surface area contributed by atoms with Crippen LogP contribution in [0.2, 0.25) is 0 Å². The predicted molar refractivity (Wildman–Crippen MR) is 87.4 cm³/mol. The highest BCUT2D eigenvalue weighted by Crippen LogP contribution is 2.45. The lowest BCUT2D eigenvalue weighted by Crippen LogP contribution is -1.99. The molecule has 3 aromatic rings. The van der Waals surface area contributed by atoms with Crippen LogP contribution in [0, 0.1) is 6.92 Å². The van der Waals surface area contributed by atoms with Crippen molar-refractivity contribution < 1.29 is 5.11 Å². The van der Waals surface area contributed by atoms with E-state index in [0.29, 0.717) is 11.7 Å². The van der Waals surface area contributed by atoms with E-state index in [1.807, 2.05) is 42.6 Å². The summed E-state index contributed by atoms with van der Waals surface area (Å²) in [5.74, 6) is 1.83. The molecule has 2 aromatic heterocycles. The molecule has 3 heteroatoms. The molecule has 2 heterocycles. The van der Waals surface area contributed by atoms with Gasteiger partial charge in [0.25, 0.3) is 0 Å². The third-order valence-electron chi connectivity index (χ3n) is 4.26. The van der Waals surface area contributed by atoms with Gasteiger partial charge in [0.1, 0.15) is 11.6 Å². The average molecular weight is 290 g/mol. The van der Waals surface area contributed by atoms with E-state index in [4.69, 9.17) is 4.98 Å². The quantitative estimate of drug-likeness (QED) is 0.775. The van der Waals surface area contributed by atoms with Crippen molar-refractivity contribution in [3.05, 3.63) is 66.0 Å². The molecular formula is C19H18N2O. The molecule has 4 rings (SSSR count). The number of hydrogen-bond donors (Lipinski definition) is 1. The van der Waals surface area contributed by atoms with Gasteiger partial charge in [-0.3, -0.25) is 0 Å². The fraction of sp³-hybridized carbons (Fsp3) is 0.211. The van der Waals surface area contributed by atoms with Crippen molar-refractivity contribution in [3.8, 4) is 22.8 Å². The minimum absolute atomic E-state index is 0.336. The second kappa shape index (κ2) is 5.02. The fourth-order valence-electron chi connectivity index (χ4n) is 2.95. The summed E-state index contributed by atoms with van der Waals surface area (Å²) < 4.78 is 2.08. The summed E-state index contributed by atoms with van der Waals surface area (Å²) in [6, 6.07) is 15.8. The zero-order valence-electron chi connectivity index (χ0n) is 12.5. The van der Waals surface area contributed by atoms with Gasteiger partial charge in [0, 0.05) is 17.5 Å². The smallest absolute Gasteiger partial charge is 0.137 e. The summed E-state index contributed by atoms with van der Waals surface area (Å²) in [6.07, 6.45) is 4.43. The lowest BCUT2D eigenvalue weighted by Gasteiger charge is -2.11. The number of nitrogens with zero attached hydrogens (tertiary/aromatic N) is 2. The lowest BCUT2D eigenvalue weighted by molar-refractivity contribution is 0.474. The van der Waals surface area contributed by atoms with E-state index < -0.39 is 0 Å². The number of aromatic nitrogens is 2. The van der Waals surface area contributed by atoms with E-state index >= 15 is 0 Å². The van der Waals surface area contributed by atoms with E-state index in [0.717, 1.165) is 22.8 Å². The Morgan fingerprint density at radius 2 is 1.95 bits per heavy atom. The van der Waals surface area contributed by atoms with Gasteiger partial charge in [0.15, 0.2) is 0 Å². The van der Waals surface area contributed by atoms with Crippen LogP contribution in [0.4, 0.5) is 0 Å². The zero-order chi connectivity index (χ0) is 15.1. The Hall–Kier alpha value is -2.55. The molecule has 0 bridgehead atoms. The maximum Gasteiger partial charge on any atom is 0.137 e. The summed E-state index contributed by atoms with van der Waals surface area (Å²) in [5, 5.41) is 9.78. The average Bonchev–Trinajstić information content (AvgIpc) is 3.29. The standard InChI is InChI=1S/C19H18N2O/c1-13-4-3-11-21(13)19-6-2-5-18(20-19)16-10-9-15(22)12-17(16)14-7-8-14/h2-6,9-12,14,22H,7-8H2,1H3. The number of rotatable bonds is 3. The third kappa shape index (κ3) is 2.29. The van der Waals surface area contributed by atoms with Crippen LogP contribution in [-0.2, 0) is 0 Å². The van der Waals surface area contributed by atoms with Gasteiger partial charge in [-0.1, -0.05) is 6.07 Å². The van der Waals surface area contributed by atoms with Crippen LogP contribution in [0.5, 0.6) is 5.75 Å². The molecule has 1 fully saturated rings. The van der Waals surface area contributed by atoms with E-state index in [2.05, 4.69) is 17.6 Å². The summed E-state index contributed by atoms with van der Waals surface area (Å²) >= 11 is 0. The predicted octanol–water partition coefficient (Wildman–Crippen LogP) is 4.43. The number of aromatic hydroxyl groups is 1. The van der Waals surface area contributed by atoms with Crippen molar-refractivity contribution in [1.82, 2.24) is 9.55 Å². The van der Waals surface area contributed by atoms with E-state index in [-0.39, 0.29) is 0 Å². The van der Waals surface area contributed by atoms with Crippen molar-refractivity contribution in [3.63, 3.8) is 0 Å². The van der Waals surface area contributed by atoms with Gasteiger partial charge < -0.3 is 9.67 Å². The minimum Gasteiger partial charge on any atom is -0.508 e. The molecule has 1 N–H and O–H groups in total. The van der Waals surface area contributed by atoms with Crippen molar-refractivity contribution in [2.24, 2.45) is 0 Å². The Bertz CT molecular complexity index is 831. The Morgan fingerprint density at radius 1 is 1.09 bits per heavy atom. The van der Waals surface area contributed by atoms with Gasteiger partial charge in [0.05, 0.1) is 5.69 Å². The molecule has 1 aliphatic carbocycles. The number of phenols is 1. The van der Waals surface area contributed by atoms with Crippen molar-refractivity contribution in [1.29, 1.82) is 0 Å². The second-order valence-corrected chi connectivity index (χ2v) is 5.95. The van der Waals surface area contributed by atoms with E-state index in [9.17, 15) is 5.11 Å². The van der Waals surface area contributed by atoms with Crippen LogP contribution in [0.25, 0.3) is 17.1 Å². The van der Waals surface area contributed by atoms with Crippen molar-refractivity contribution in [2.45, 2.75) is 25.7 Å². The van der Waals surface area contributed by atoms with Crippen LogP contribution >= 0.6 is 0 Å². The van der Waals surface area contributed by atoms with Crippen LogP contribution < -0.4 is 0 Å². The Morgan fingerprint density at radius 3 is 2.68 bits per heavy atom. The molecule has 0 radical (unpaired) electrons. The molecule has 0 atom stereocenters. The lowest BCUT2D eigenvalue weighted by atomic mass is 10.00. The van der Waals surface area contributed by atoms with E-state index in [1.54, 1.807) is 6.07 Å². The zero-order valence-corrected chi connectivity index (χ0v) is 12.5. The molecule has 0 unspecified atom stereocenters. The SMILES string of the molecule is Cc1cccn1-c1cccc(-c2ccc(O)cc2C2CC2)n1. The highest BCUT2D eigenvalue weighted by Gasteiger charge is 2.27. The number of phenolic OH excluding ortho intramolecular Hbond substituents is 1. The Kier molecular flexibility index (Phi) is 3.00. The topological polar surface area (TPSA) is 38.0 Å². The summed E-state index contributed by atoms with van der Waals surface area (Å²) in [4.78, 5) is 4.83. The maximum atomic E-state index is 9.78. The van der Waals surface area contributed by atoms with Crippen LogP contribution in [0.1, 0.15) is 30.0 Å². The van der Waals surface area contributed by atoms with Crippen molar-refractivity contribution in [2.75, 3.05) is 0 Å².